The second-order valence-corrected chi connectivity index (χ2v) is 4.60. The van der Waals surface area contributed by atoms with Crippen LogP contribution in [0.1, 0.15) is 5.56 Å². The fraction of sp³-hybridized carbons (Fsp3) is 0.154. The van der Waals surface area contributed by atoms with Gasteiger partial charge in [0.15, 0.2) is 0 Å². The first-order valence-corrected chi connectivity index (χ1v) is 6.55. The molecule has 0 bridgehead atoms. The van der Waals surface area contributed by atoms with Crippen LogP contribution in [0.3, 0.4) is 0 Å². The molecule has 88 valence electrons. The zero-order valence-corrected chi connectivity index (χ0v) is 10.7. The molecule has 0 radical (unpaired) electrons. The van der Waals surface area contributed by atoms with E-state index < -0.39 is 0 Å². The smallest absolute Gasteiger partial charge is 0.132 e. The molecule has 0 saturated heterocycles. The van der Waals surface area contributed by atoms with Gasteiger partial charge in [0.05, 0.1) is 5.69 Å². The number of pyridine rings is 1. The quantitative estimate of drug-likeness (QED) is 0.813. The highest BCUT2D eigenvalue weighted by atomic mass is 32.2. The van der Waals surface area contributed by atoms with Crippen molar-refractivity contribution < 1.29 is 0 Å². The Kier molecular flexibility index (Phi) is 3.54. The highest BCUT2D eigenvalue weighted by Crippen LogP contribution is 2.27. The number of aryl methyl sites for hydroxylation is 1. The van der Waals surface area contributed by atoms with E-state index in [0.29, 0.717) is 0 Å². The number of aromatic nitrogens is 1. The molecule has 2 aromatic rings. The topological polar surface area (TPSA) is 50.9 Å². The van der Waals surface area contributed by atoms with Crippen molar-refractivity contribution in [1.29, 1.82) is 0 Å². The molecule has 0 unspecified atom stereocenters. The van der Waals surface area contributed by atoms with Gasteiger partial charge < -0.3 is 11.1 Å². The fourth-order valence-electron chi connectivity index (χ4n) is 1.49. The maximum Gasteiger partial charge on any atom is 0.132 e. The van der Waals surface area contributed by atoms with Crippen molar-refractivity contribution in [1.82, 2.24) is 4.98 Å². The summed E-state index contributed by atoms with van der Waals surface area (Å²) in [6, 6.07) is 9.98. The minimum Gasteiger partial charge on any atom is -0.398 e. The third-order valence-electron chi connectivity index (χ3n) is 2.51. The molecule has 0 aliphatic rings. The van der Waals surface area contributed by atoms with Crippen molar-refractivity contribution in [2.75, 3.05) is 17.3 Å². The number of rotatable bonds is 3. The van der Waals surface area contributed by atoms with E-state index in [1.807, 2.05) is 31.2 Å². The van der Waals surface area contributed by atoms with Crippen molar-refractivity contribution in [2.24, 2.45) is 0 Å². The molecule has 0 spiro atoms. The summed E-state index contributed by atoms with van der Waals surface area (Å²) in [5, 5.41) is 3.28. The molecule has 0 aliphatic heterocycles. The summed E-state index contributed by atoms with van der Waals surface area (Å²) in [6.45, 7) is 1.95. The normalized spacial score (nSPS) is 10.2. The first-order chi connectivity index (χ1) is 8.20. The second kappa shape index (κ2) is 5.10. The van der Waals surface area contributed by atoms with E-state index in [0.717, 1.165) is 22.8 Å². The average Bonchev–Trinajstić information content (AvgIpc) is 2.34. The summed E-state index contributed by atoms with van der Waals surface area (Å²) >= 11 is 1.70. The zero-order valence-electron chi connectivity index (χ0n) is 9.90. The molecule has 2 rings (SSSR count). The van der Waals surface area contributed by atoms with Crippen LogP contribution >= 0.6 is 11.8 Å². The Balaban J connectivity index is 2.28. The van der Waals surface area contributed by atoms with E-state index in [2.05, 4.69) is 22.6 Å². The first-order valence-electron chi connectivity index (χ1n) is 5.33. The highest BCUT2D eigenvalue weighted by Gasteiger charge is 2.02. The van der Waals surface area contributed by atoms with Crippen LogP contribution in [-0.4, -0.2) is 11.2 Å². The van der Waals surface area contributed by atoms with Gasteiger partial charge in [0.25, 0.3) is 0 Å². The van der Waals surface area contributed by atoms with Crippen molar-refractivity contribution in [3.63, 3.8) is 0 Å². The maximum absolute atomic E-state index is 5.86. The number of benzene rings is 1. The van der Waals surface area contributed by atoms with Crippen LogP contribution in [0.15, 0.2) is 41.4 Å². The summed E-state index contributed by atoms with van der Waals surface area (Å²) in [7, 11) is 0. The Morgan fingerprint density at radius 2 is 2.06 bits per heavy atom. The summed E-state index contributed by atoms with van der Waals surface area (Å²) in [5.41, 5.74) is 8.66. The van der Waals surface area contributed by atoms with Gasteiger partial charge in [-0.2, -0.15) is 0 Å². The van der Waals surface area contributed by atoms with E-state index in [1.165, 1.54) is 4.90 Å². The molecule has 0 atom stereocenters. The molecule has 0 aliphatic carbocycles. The van der Waals surface area contributed by atoms with E-state index in [4.69, 9.17) is 5.73 Å². The van der Waals surface area contributed by atoms with Crippen LogP contribution in [0.4, 0.5) is 17.2 Å². The van der Waals surface area contributed by atoms with Gasteiger partial charge in [0, 0.05) is 22.8 Å². The number of hydrogen-bond acceptors (Lipinski definition) is 4. The third-order valence-corrected chi connectivity index (χ3v) is 3.31. The molecule has 3 nitrogen and oxygen atoms in total. The molecule has 1 heterocycles. The lowest BCUT2D eigenvalue weighted by Crippen LogP contribution is -1.98. The van der Waals surface area contributed by atoms with Crippen LogP contribution in [0.5, 0.6) is 0 Å². The Bertz CT molecular complexity index is 526. The average molecular weight is 245 g/mol. The van der Waals surface area contributed by atoms with E-state index in [1.54, 1.807) is 18.0 Å². The van der Waals surface area contributed by atoms with Gasteiger partial charge in [0.2, 0.25) is 0 Å². The van der Waals surface area contributed by atoms with E-state index in [-0.39, 0.29) is 0 Å². The number of hydrogen-bond donors (Lipinski definition) is 2. The predicted octanol–water partition coefficient (Wildman–Crippen LogP) is 3.44. The molecule has 4 heteroatoms. The minimum atomic E-state index is 0.754. The van der Waals surface area contributed by atoms with Gasteiger partial charge in [-0.15, -0.1) is 11.8 Å². The first kappa shape index (κ1) is 11.8. The standard InChI is InChI=1S/C13H15N3S/c1-9-8-15-13(7-10(9)14)16-11-5-3-4-6-12(11)17-2/h3-8H,1-2H3,(H3,14,15,16). The van der Waals surface area contributed by atoms with Gasteiger partial charge in [0.1, 0.15) is 5.82 Å². The van der Waals surface area contributed by atoms with Crippen LogP contribution in [0, 0.1) is 6.92 Å². The van der Waals surface area contributed by atoms with Crippen LogP contribution < -0.4 is 11.1 Å². The molecule has 0 saturated carbocycles. The zero-order chi connectivity index (χ0) is 12.3. The lowest BCUT2D eigenvalue weighted by atomic mass is 10.2. The molecular weight excluding hydrogens is 230 g/mol. The Morgan fingerprint density at radius 1 is 1.29 bits per heavy atom. The third kappa shape index (κ3) is 2.71. The molecule has 0 amide bonds. The monoisotopic (exact) mass is 245 g/mol. The van der Waals surface area contributed by atoms with Crippen molar-refractivity contribution in [2.45, 2.75) is 11.8 Å². The Morgan fingerprint density at radius 3 is 2.76 bits per heavy atom. The van der Waals surface area contributed by atoms with Crippen molar-refractivity contribution >= 4 is 29.0 Å². The number of thioether (sulfide) groups is 1. The molecular formula is C13H15N3S. The highest BCUT2D eigenvalue weighted by molar-refractivity contribution is 7.98. The van der Waals surface area contributed by atoms with Crippen molar-refractivity contribution in [3.8, 4) is 0 Å². The SMILES string of the molecule is CSc1ccccc1Nc1cc(N)c(C)cn1. The fourth-order valence-corrected chi connectivity index (χ4v) is 2.05. The second-order valence-electron chi connectivity index (χ2n) is 3.75. The van der Waals surface area contributed by atoms with Gasteiger partial charge in [-0.1, -0.05) is 12.1 Å². The maximum atomic E-state index is 5.86. The predicted molar refractivity (Wildman–Crippen MR) is 74.9 cm³/mol. The van der Waals surface area contributed by atoms with E-state index >= 15 is 0 Å². The number of nitrogens with two attached hydrogens (primary N) is 1. The van der Waals surface area contributed by atoms with Crippen LogP contribution in [0.2, 0.25) is 0 Å². The van der Waals surface area contributed by atoms with Gasteiger partial charge in [-0.25, -0.2) is 4.98 Å². The van der Waals surface area contributed by atoms with Gasteiger partial charge in [-0.3, -0.25) is 0 Å². The largest absolute Gasteiger partial charge is 0.398 e. The number of nitrogens with one attached hydrogen (secondary N) is 1. The van der Waals surface area contributed by atoms with Crippen molar-refractivity contribution in [3.05, 3.63) is 42.1 Å². The summed E-state index contributed by atoms with van der Waals surface area (Å²) in [6.07, 6.45) is 3.83. The van der Waals surface area contributed by atoms with E-state index in [9.17, 15) is 0 Å². The van der Waals surface area contributed by atoms with Crippen LogP contribution in [0.25, 0.3) is 0 Å². The molecule has 3 N–H and O–H groups in total. The number of anilines is 3. The molecule has 1 aromatic carbocycles. The Hall–Kier alpha value is -1.68. The van der Waals surface area contributed by atoms with Gasteiger partial charge >= 0.3 is 0 Å². The summed E-state index contributed by atoms with van der Waals surface area (Å²) < 4.78 is 0. The number of para-hydroxylation sites is 1. The Labute approximate surface area is 105 Å². The lowest BCUT2D eigenvalue weighted by molar-refractivity contribution is 1.25. The minimum absolute atomic E-state index is 0.754. The number of nitrogen functional groups attached to an aromatic ring is 1. The summed E-state index contributed by atoms with van der Waals surface area (Å²) in [5.74, 6) is 0.773. The van der Waals surface area contributed by atoms with Crippen LogP contribution in [-0.2, 0) is 0 Å². The molecule has 17 heavy (non-hydrogen) atoms. The lowest BCUT2D eigenvalue weighted by Gasteiger charge is -2.10. The summed E-state index contributed by atoms with van der Waals surface area (Å²) in [4.78, 5) is 5.50. The molecule has 1 aromatic heterocycles. The van der Waals surface area contributed by atoms with Gasteiger partial charge in [-0.05, 0) is 30.9 Å². The number of nitrogens with zero attached hydrogens (tertiary/aromatic N) is 1. The molecule has 0 fully saturated rings.